The second-order valence-electron chi connectivity index (χ2n) is 5.43. The molecule has 0 saturated heterocycles. The van der Waals surface area contributed by atoms with E-state index >= 15 is 0 Å². The van der Waals surface area contributed by atoms with Crippen LogP contribution in [0, 0.1) is 0 Å². The summed E-state index contributed by atoms with van der Waals surface area (Å²) in [4.78, 5) is 1.16. The summed E-state index contributed by atoms with van der Waals surface area (Å²) in [5, 5.41) is 16.0. The minimum atomic E-state index is 0.862. The number of thiophene rings is 1. The van der Waals surface area contributed by atoms with Gasteiger partial charge in [-0.15, -0.1) is 21.5 Å². The number of rotatable bonds is 6. The van der Waals surface area contributed by atoms with Gasteiger partial charge in [-0.25, -0.2) is 4.68 Å². The molecule has 0 N–H and O–H groups in total. The van der Waals surface area contributed by atoms with Crippen LogP contribution in [0.3, 0.4) is 0 Å². The molecule has 3 aromatic heterocycles. The zero-order valence-corrected chi connectivity index (χ0v) is 15.4. The molecule has 0 bridgehead atoms. The average molecular weight is 368 g/mol. The van der Waals surface area contributed by atoms with Crippen LogP contribution in [0.1, 0.15) is 12.5 Å². The molecular weight excluding hydrogens is 350 g/mol. The van der Waals surface area contributed by atoms with Gasteiger partial charge in [-0.1, -0.05) is 30.0 Å². The molecule has 0 spiro atoms. The quantitative estimate of drug-likeness (QED) is 0.471. The lowest BCUT2D eigenvalue weighted by Crippen LogP contribution is -1.99. The Kier molecular flexibility index (Phi) is 4.67. The zero-order chi connectivity index (χ0) is 17.1. The number of aromatic nitrogens is 5. The summed E-state index contributed by atoms with van der Waals surface area (Å²) >= 11 is 3.41. The Morgan fingerprint density at radius 3 is 2.64 bits per heavy atom. The predicted molar refractivity (Wildman–Crippen MR) is 102 cm³/mol. The highest BCUT2D eigenvalue weighted by atomic mass is 32.2. The fourth-order valence-corrected chi connectivity index (χ4v) is 4.26. The first-order chi connectivity index (χ1) is 12.3. The molecule has 0 fully saturated rings. The molecule has 3 heterocycles. The fourth-order valence-electron chi connectivity index (χ4n) is 2.58. The highest BCUT2D eigenvalue weighted by Crippen LogP contribution is 2.28. The molecule has 0 atom stereocenters. The zero-order valence-electron chi connectivity index (χ0n) is 13.7. The topological polar surface area (TPSA) is 48.5 Å². The van der Waals surface area contributed by atoms with E-state index in [1.807, 2.05) is 23.0 Å². The normalized spacial score (nSPS) is 11.1. The lowest BCUT2D eigenvalue weighted by molar-refractivity contribution is 0.688. The number of nitrogens with zero attached hydrogens (tertiary/aromatic N) is 5. The van der Waals surface area contributed by atoms with Crippen molar-refractivity contribution in [1.82, 2.24) is 24.5 Å². The van der Waals surface area contributed by atoms with E-state index in [1.165, 1.54) is 5.56 Å². The Hall–Kier alpha value is -2.38. The Labute approximate surface area is 154 Å². The van der Waals surface area contributed by atoms with Crippen LogP contribution in [0.5, 0.6) is 0 Å². The Morgan fingerprint density at radius 2 is 1.96 bits per heavy atom. The number of hydrogen-bond donors (Lipinski definition) is 0. The van der Waals surface area contributed by atoms with E-state index in [0.717, 1.165) is 33.8 Å². The van der Waals surface area contributed by atoms with Gasteiger partial charge >= 0.3 is 0 Å². The molecule has 5 nitrogen and oxygen atoms in total. The van der Waals surface area contributed by atoms with Crippen molar-refractivity contribution in [3.05, 3.63) is 65.8 Å². The predicted octanol–water partition coefficient (Wildman–Crippen LogP) is 4.50. The van der Waals surface area contributed by atoms with Crippen LogP contribution in [0.2, 0.25) is 0 Å². The second kappa shape index (κ2) is 7.25. The van der Waals surface area contributed by atoms with Crippen LogP contribution in [-0.2, 0) is 12.3 Å². The highest BCUT2D eigenvalue weighted by molar-refractivity contribution is 7.98. The van der Waals surface area contributed by atoms with Gasteiger partial charge in [0.1, 0.15) is 0 Å². The van der Waals surface area contributed by atoms with Crippen LogP contribution >= 0.6 is 23.1 Å². The van der Waals surface area contributed by atoms with Crippen molar-refractivity contribution in [3.63, 3.8) is 0 Å². The van der Waals surface area contributed by atoms with E-state index in [2.05, 4.69) is 62.5 Å². The molecule has 0 aliphatic heterocycles. The highest BCUT2D eigenvalue weighted by Gasteiger charge is 2.13. The van der Waals surface area contributed by atoms with E-state index < -0.39 is 0 Å². The van der Waals surface area contributed by atoms with Gasteiger partial charge in [0.15, 0.2) is 11.0 Å². The summed E-state index contributed by atoms with van der Waals surface area (Å²) < 4.78 is 4.03. The summed E-state index contributed by atoms with van der Waals surface area (Å²) in [6.07, 6.45) is 3.73. The molecule has 4 rings (SSSR count). The molecule has 0 aliphatic rings. The van der Waals surface area contributed by atoms with E-state index in [9.17, 15) is 0 Å². The van der Waals surface area contributed by atoms with Crippen LogP contribution in [0.15, 0.2) is 65.4 Å². The maximum atomic E-state index is 4.38. The fraction of sp³-hybridized carbons (Fsp3) is 0.167. The first-order valence-corrected chi connectivity index (χ1v) is 9.90. The minimum Gasteiger partial charge on any atom is -0.302 e. The average Bonchev–Trinajstić information content (AvgIpc) is 3.41. The molecular formula is C18H17N5S2. The van der Waals surface area contributed by atoms with Gasteiger partial charge in [0, 0.05) is 24.7 Å². The molecule has 126 valence electrons. The van der Waals surface area contributed by atoms with Crippen LogP contribution in [0.25, 0.3) is 16.4 Å². The first-order valence-electron chi connectivity index (χ1n) is 8.04. The van der Waals surface area contributed by atoms with Crippen LogP contribution in [0.4, 0.5) is 0 Å². The largest absolute Gasteiger partial charge is 0.302 e. The molecule has 0 saturated carbocycles. The maximum absolute atomic E-state index is 4.38. The molecule has 4 aromatic rings. The van der Waals surface area contributed by atoms with Crippen molar-refractivity contribution >= 4 is 23.1 Å². The summed E-state index contributed by atoms with van der Waals surface area (Å²) in [5.41, 5.74) is 2.32. The standard InChI is InChI=1S/C18H17N5S2/c1-2-22-17(16-5-3-12-24-16)20-21-18(22)25-13-14-6-8-15(9-7-14)23-11-4-10-19-23/h3-12H,2,13H2,1H3. The van der Waals surface area contributed by atoms with Gasteiger partial charge in [0.2, 0.25) is 0 Å². The molecule has 1 aromatic carbocycles. The van der Waals surface area contributed by atoms with Gasteiger partial charge in [-0.2, -0.15) is 5.10 Å². The summed E-state index contributed by atoms with van der Waals surface area (Å²) in [7, 11) is 0. The molecule has 0 amide bonds. The number of benzene rings is 1. The summed E-state index contributed by atoms with van der Waals surface area (Å²) in [6, 6.07) is 14.5. The molecule has 0 unspecified atom stereocenters. The maximum Gasteiger partial charge on any atom is 0.191 e. The van der Waals surface area contributed by atoms with Crippen LogP contribution in [-0.4, -0.2) is 24.5 Å². The van der Waals surface area contributed by atoms with E-state index in [4.69, 9.17) is 0 Å². The van der Waals surface area contributed by atoms with Gasteiger partial charge in [0.25, 0.3) is 0 Å². The van der Waals surface area contributed by atoms with Gasteiger partial charge in [0.05, 0.1) is 10.6 Å². The number of hydrogen-bond acceptors (Lipinski definition) is 5. The Bertz CT molecular complexity index is 925. The first kappa shape index (κ1) is 16.1. The van der Waals surface area contributed by atoms with Crippen molar-refractivity contribution in [1.29, 1.82) is 0 Å². The molecule has 0 aliphatic carbocycles. The SMILES string of the molecule is CCn1c(SCc2ccc(-n3cccn3)cc2)nnc1-c1cccs1. The number of thioether (sulfide) groups is 1. The van der Waals surface area contributed by atoms with Crippen molar-refractivity contribution in [2.75, 3.05) is 0 Å². The van der Waals surface area contributed by atoms with Crippen molar-refractivity contribution in [3.8, 4) is 16.4 Å². The summed E-state index contributed by atoms with van der Waals surface area (Å²) in [6.45, 7) is 2.99. The minimum absolute atomic E-state index is 0.862. The van der Waals surface area contributed by atoms with Gasteiger partial charge in [-0.3, -0.25) is 0 Å². The van der Waals surface area contributed by atoms with Gasteiger partial charge < -0.3 is 4.57 Å². The van der Waals surface area contributed by atoms with Crippen molar-refractivity contribution in [2.24, 2.45) is 0 Å². The molecule has 7 heteroatoms. The van der Waals surface area contributed by atoms with E-state index in [1.54, 1.807) is 29.3 Å². The van der Waals surface area contributed by atoms with E-state index in [0.29, 0.717) is 0 Å². The third kappa shape index (κ3) is 3.38. The van der Waals surface area contributed by atoms with Crippen LogP contribution < -0.4 is 0 Å². The third-order valence-electron chi connectivity index (χ3n) is 3.85. The molecule has 25 heavy (non-hydrogen) atoms. The lowest BCUT2D eigenvalue weighted by atomic mass is 10.2. The second-order valence-corrected chi connectivity index (χ2v) is 7.32. The van der Waals surface area contributed by atoms with Crippen molar-refractivity contribution < 1.29 is 0 Å². The summed E-state index contributed by atoms with van der Waals surface area (Å²) in [5.74, 6) is 1.82. The lowest BCUT2D eigenvalue weighted by Gasteiger charge is -2.07. The third-order valence-corrected chi connectivity index (χ3v) is 5.75. The Morgan fingerprint density at radius 1 is 1.08 bits per heavy atom. The van der Waals surface area contributed by atoms with E-state index in [-0.39, 0.29) is 0 Å². The monoisotopic (exact) mass is 367 g/mol. The molecule has 0 radical (unpaired) electrons. The van der Waals surface area contributed by atoms with Crippen molar-refractivity contribution in [2.45, 2.75) is 24.4 Å². The Balaban J connectivity index is 1.48. The smallest absolute Gasteiger partial charge is 0.191 e. The van der Waals surface area contributed by atoms with Gasteiger partial charge in [-0.05, 0) is 42.1 Å².